The maximum atomic E-state index is 11.7. The average molecular weight is 351 g/mol. The molecular weight excluding hydrogens is 337 g/mol. The Labute approximate surface area is 111 Å². The Kier molecular flexibility index (Phi) is 5.97. The second kappa shape index (κ2) is 7.01. The second-order valence-electron chi connectivity index (χ2n) is 3.30. The lowest BCUT2D eigenvalue weighted by Gasteiger charge is -2.01. The Bertz CT molecular complexity index is 427. The van der Waals surface area contributed by atoms with Crippen LogP contribution in [0.4, 0.5) is 0 Å². The van der Waals surface area contributed by atoms with Crippen LogP contribution in [-0.4, -0.2) is 14.0 Å². The van der Waals surface area contributed by atoms with Crippen molar-refractivity contribution in [2.75, 3.05) is 0 Å². The van der Waals surface area contributed by atoms with Gasteiger partial charge >= 0.3 is 0 Å². The van der Waals surface area contributed by atoms with E-state index in [0.717, 1.165) is 12.8 Å². The van der Waals surface area contributed by atoms with Crippen LogP contribution in [-0.2, 0) is 15.4 Å². The molecule has 0 saturated heterocycles. The number of benzene rings is 1. The molecule has 1 rings (SSSR count). The van der Waals surface area contributed by atoms with Gasteiger partial charge in [0.05, 0.1) is 14.5 Å². The molecule has 0 aliphatic heterocycles. The maximum Gasteiger partial charge on any atom is 0.266 e. The Balaban J connectivity index is 2.78. The first-order chi connectivity index (χ1) is 7.65. The predicted molar refractivity (Wildman–Crippen MR) is 74.4 cm³/mol. The number of halogens is 1. The van der Waals surface area contributed by atoms with Crippen LogP contribution in [0.2, 0.25) is 0 Å². The standard InChI is InChI=1S/C11H14INO2S/c1-2-6-10(12)11(14)13-16(15)9-7-4-3-5-8-9/h3-5,7-8,10,16H,2,6H2,1H3. The Morgan fingerprint density at radius 3 is 2.62 bits per heavy atom. The zero-order chi connectivity index (χ0) is 12.0. The summed E-state index contributed by atoms with van der Waals surface area (Å²) < 4.78 is 15.3. The second-order valence-corrected chi connectivity index (χ2v) is 6.07. The van der Waals surface area contributed by atoms with Crippen molar-refractivity contribution >= 4 is 39.1 Å². The summed E-state index contributed by atoms with van der Waals surface area (Å²) in [5, 5.41) is 0. The molecule has 1 aromatic carbocycles. The van der Waals surface area contributed by atoms with Gasteiger partial charge in [0.25, 0.3) is 5.91 Å². The van der Waals surface area contributed by atoms with Crippen LogP contribution < -0.4 is 0 Å². The first-order valence-electron chi connectivity index (χ1n) is 5.07. The molecule has 1 amide bonds. The number of carbonyl (C=O) groups excluding carboxylic acids is 1. The van der Waals surface area contributed by atoms with Crippen LogP contribution in [0.3, 0.4) is 0 Å². The van der Waals surface area contributed by atoms with Gasteiger partial charge in [-0.1, -0.05) is 54.1 Å². The smallest absolute Gasteiger partial charge is 0.266 e. The zero-order valence-electron chi connectivity index (χ0n) is 8.97. The number of hydrogen-bond acceptors (Lipinski definition) is 2. The number of thiol groups is 1. The highest BCUT2D eigenvalue weighted by atomic mass is 127. The van der Waals surface area contributed by atoms with Crippen LogP contribution >= 0.6 is 22.6 Å². The van der Waals surface area contributed by atoms with Gasteiger partial charge in [0.2, 0.25) is 0 Å². The summed E-state index contributed by atoms with van der Waals surface area (Å²) in [7, 11) is -1.94. The molecule has 88 valence electrons. The third-order valence-electron chi connectivity index (χ3n) is 1.98. The fraction of sp³-hybridized carbons (Fsp3) is 0.364. The first-order valence-corrected chi connectivity index (χ1v) is 7.52. The maximum absolute atomic E-state index is 11.7. The Hall–Kier alpha value is -0.430. The zero-order valence-corrected chi connectivity index (χ0v) is 12.0. The van der Waals surface area contributed by atoms with E-state index < -0.39 is 10.6 Å². The molecule has 0 N–H and O–H groups in total. The molecule has 1 aromatic rings. The topological polar surface area (TPSA) is 46.5 Å². The van der Waals surface area contributed by atoms with E-state index in [-0.39, 0.29) is 9.83 Å². The number of nitrogens with zero attached hydrogens (tertiary/aromatic N) is 1. The number of rotatable bonds is 4. The fourth-order valence-electron chi connectivity index (χ4n) is 1.14. The molecule has 0 fully saturated rings. The predicted octanol–water partition coefficient (Wildman–Crippen LogP) is 2.84. The normalized spacial score (nSPS) is 14.6. The van der Waals surface area contributed by atoms with Crippen molar-refractivity contribution in [3.8, 4) is 0 Å². The highest BCUT2D eigenvalue weighted by molar-refractivity contribution is 14.1. The molecule has 0 bridgehead atoms. The van der Waals surface area contributed by atoms with E-state index in [1.54, 1.807) is 24.3 Å². The molecule has 5 heteroatoms. The van der Waals surface area contributed by atoms with E-state index in [2.05, 4.69) is 4.36 Å². The quantitative estimate of drug-likeness (QED) is 0.515. The summed E-state index contributed by atoms with van der Waals surface area (Å²) in [5.74, 6) is -0.271. The van der Waals surface area contributed by atoms with Gasteiger partial charge in [-0.2, -0.15) is 4.36 Å². The largest absolute Gasteiger partial charge is 0.271 e. The lowest BCUT2D eigenvalue weighted by molar-refractivity contribution is -0.116. The summed E-state index contributed by atoms with van der Waals surface area (Å²) in [4.78, 5) is 12.2. The molecule has 3 nitrogen and oxygen atoms in total. The van der Waals surface area contributed by atoms with Gasteiger partial charge < -0.3 is 0 Å². The number of alkyl halides is 1. The van der Waals surface area contributed by atoms with Gasteiger partial charge in [-0.05, 0) is 18.6 Å². The molecule has 0 aliphatic carbocycles. The van der Waals surface area contributed by atoms with Gasteiger partial charge in [0.15, 0.2) is 0 Å². The minimum atomic E-state index is -1.94. The molecular formula is C11H14INO2S. The number of carbonyl (C=O) groups is 1. The van der Waals surface area contributed by atoms with Gasteiger partial charge in [-0.25, -0.2) is 4.21 Å². The fourth-order valence-corrected chi connectivity index (χ4v) is 2.99. The van der Waals surface area contributed by atoms with E-state index >= 15 is 0 Å². The van der Waals surface area contributed by atoms with Crippen LogP contribution in [0.1, 0.15) is 19.8 Å². The summed E-state index contributed by atoms with van der Waals surface area (Å²) in [6.45, 7) is 2.01. The van der Waals surface area contributed by atoms with Crippen molar-refractivity contribution in [2.45, 2.75) is 28.6 Å². The summed E-state index contributed by atoms with van der Waals surface area (Å²) in [5.41, 5.74) is 0. The minimum Gasteiger partial charge on any atom is -0.271 e. The monoisotopic (exact) mass is 351 g/mol. The third-order valence-corrected chi connectivity index (χ3v) is 4.25. The molecule has 0 aromatic heterocycles. The summed E-state index contributed by atoms with van der Waals surface area (Å²) in [6, 6.07) is 8.86. The van der Waals surface area contributed by atoms with Crippen LogP contribution in [0.5, 0.6) is 0 Å². The van der Waals surface area contributed by atoms with Crippen LogP contribution in [0.15, 0.2) is 39.6 Å². The van der Waals surface area contributed by atoms with Crippen molar-refractivity contribution in [1.29, 1.82) is 0 Å². The molecule has 2 unspecified atom stereocenters. The molecule has 0 aliphatic rings. The first kappa shape index (κ1) is 13.6. The average Bonchev–Trinajstić information content (AvgIpc) is 2.30. The van der Waals surface area contributed by atoms with Gasteiger partial charge in [-0.3, -0.25) is 4.79 Å². The summed E-state index contributed by atoms with van der Waals surface area (Å²) in [6.07, 6.45) is 1.71. The van der Waals surface area contributed by atoms with Crippen molar-refractivity contribution in [1.82, 2.24) is 0 Å². The Morgan fingerprint density at radius 1 is 1.44 bits per heavy atom. The molecule has 0 saturated carbocycles. The van der Waals surface area contributed by atoms with E-state index in [4.69, 9.17) is 0 Å². The van der Waals surface area contributed by atoms with Crippen molar-refractivity contribution in [3.05, 3.63) is 30.3 Å². The highest BCUT2D eigenvalue weighted by Gasteiger charge is 2.12. The van der Waals surface area contributed by atoms with Crippen molar-refractivity contribution in [2.24, 2.45) is 4.36 Å². The molecule has 16 heavy (non-hydrogen) atoms. The summed E-state index contributed by atoms with van der Waals surface area (Å²) >= 11 is 2.05. The molecule has 0 radical (unpaired) electrons. The molecule has 0 spiro atoms. The van der Waals surface area contributed by atoms with Crippen molar-refractivity contribution < 1.29 is 9.00 Å². The lowest BCUT2D eigenvalue weighted by Crippen LogP contribution is -2.10. The highest BCUT2D eigenvalue weighted by Crippen LogP contribution is 2.11. The number of hydrogen-bond donors (Lipinski definition) is 1. The molecule has 0 heterocycles. The van der Waals surface area contributed by atoms with Gasteiger partial charge in [0, 0.05) is 4.90 Å². The van der Waals surface area contributed by atoms with Crippen molar-refractivity contribution in [3.63, 3.8) is 0 Å². The van der Waals surface area contributed by atoms with Crippen LogP contribution in [0.25, 0.3) is 0 Å². The SMILES string of the molecule is CCCC(I)C(=O)/N=[SH](=O)/c1ccccc1. The van der Waals surface area contributed by atoms with Gasteiger partial charge in [0.1, 0.15) is 0 Å². The lowest BCUT2D eigenvalue weighted by atomic mass is 10.2. The third kappa shape index (κ3) is 4.21. The van der Waals surface area contributed by atoms with E-state index in [9.17, 15) is 9.00 Å². The molecule has 2 atom stereocenters. The Morgan fingerprint density at radius 2 is 2.06 bits per heavy atom. The van der Waals surface area contributed by atoms with Gasteiger partial charge in [-0.15, -0.1) is 0 Å². The minimum absolute atomic E-state index is 0.162. The van der Waals surface area contributed by atoms with E-state index in [0.29, 0.717) is 4.90 Å². The van der Waals surface area contributed by atoms with E-state index in [1.807, 2.05) is 35.6 Å². The van der Waals surface area contributed by atoms with E-state index in [1.165, 1.54) is 0 Å². The van der Waals surface area contributed by atoms with Crippen LogP contribution in [0, 0.1) is 0 Å². The number of amides is 1.